The maximum absolute atomic E-state index is 14.6. The van der Waals surface area contributed by atoms with Crippen molar-refractivity contribution in [1.82, 2.24) is 0 Å². The molecule has 3 aromatic rings. The molecule has 6 fully saturated rings. The summed E-state index contributed by atoms with van der Waals surface area (Å²) in [6.07, 6.45) is -59.7. The lowest BCUT2D eigenvalue weighted by Crippen LogP contribution is -2.68. The topological polar surface area (TPSA) is 566 Å². The number of rotatable bonds is 18. The molecule has 12 unspecified atom stereocenters. The molecular weight excluding hydrogens is 1170 g/mol. The molecule has 6 saturated heterocycles. The van der Waals surface area contributed by atoms with E-state index in [1.54, 1.807) is 0 Å². The third-order valence-corrected chi connectivity index (χ3v) is 15.6. The van der Waals surface area contributed by atoms with Crippen molar-refractivity contribution in [3.05, 3.63) is 46.6 Å². The van der Waals surface area contributed by atoms with Crippen LogP contribution in [0.5, 0.6) is 23.0 Å². The highest BCUT2D eigenvalue weighted by molar-refractivity contribution is 5.88. The zero-order valence-electron chi connectivity index (χ0n) is 44.9. The van der Waals surface area contributed by atoms with Crippen molar-refractivity contribution < 1.29 is 168 Å². The molecule has 0 radical (unpaired) electrons. The number of hydrogen-bond acceptors (Lipinski definition) is 35. The summed E-state index contributed by atoms with van der Waals surface area (Å²) in [7, 11) is 0. The van der Waals surface area contributed by atoms with Crippen molar-refractivity contribution in [2.24, 2.45) is 0 Å². The van der Waals surface area contributed by atoms with Crippen molar-refractivity contribution >= 4 is 11.0 Å². The second kappa shape index (κ2) is 27.4. The zero-order chi connectivity index (χ0) is 62.5. The van der Waals surface area contributed by atoms with E-state index < -0.39 is 257 Å². The molecule has 0 aliphatic carbocycles. The molecule has 35 heteroatoms. The van der Waals surface area contributed by atoms with E-state index >= 15 is 0 Å². The quantitative estimate of drug-likeness (QED) is 0.0562. The SMILES string of the molecule is CC1O[C@@H](OCC2O[C@@H](Oc3c(-c4ccc(O)cc4)oc4cc(O)cc(O)c4c3=O)C(O[C@@H]3OC(CO)[C@H](O)[C@H](O)C3O)[C@@H](O)[C@@H]2O[C@H]2OC(CO)[C@@H](O[C@H]3OC(CO)[C@@H](O[C@H]4OC(CO)[C@@H](O)[C@H](O)C4O)[C@H](O)C3O)[C@H](O)C2O)C(O)[C@@H](O)[C@H]1O. The third-order valence-electron chi connectivity index (χ3n) is 15.6. The lowest BCUT2D eigenvalue weighted by atomic mass is 9.95. The minimum Gasteiger partial charge on any atom is -0.508 e. The van der Waals surface area contributed by atoms with Crippen LogP contribution in [0.3, 0.4) is 0 Å². The first-order chi connectivity index (χ1) is 40.8. The predicted octanol–water partition coefficient (Wildman–Crippen LogP) is -10.1. The molecule has 35 nitrogen and oxygen atoms in total. The number of phenolic OH excluding ortho intramolecular Hbond substituents is 3. The van der Waals surface area contributed by atoms with Crippen molar-refractivity contribution in [3.8, 4) is 34.3 Å². The van der Waals surface area contributed by atoms with Gasteiger partial charge in [-0.1, -0.05) is 0 Å². The Morgan fingerprint density at radius 1 is 0.419 bits per heavy atom. The normalized spacial score (nSPS) is 44.1. The van der Waals surface area contributed by atoms with Crippen LogP contribution in [-0.4, -0.2) is 325 Å². The molecule has 484 valence electrons. The van der Waals surface area contributed by atoms with Crippen LogP contribution in [-0.2, 0) is 52.1 Å². The largest absolute Gasteiger partial charge is 0.508 e. The fourth-order valence-electron chi connectivity index (χ4n) is 10.7. The van der Waals surface area contributed by atoms with Gasteiger partial charge in [0.05, 0.1) is 39.1 Å². The zero-order valence-corrected chi connectivity index (χ0v) is 44.9. The minimum absolute atomic E-state index is 0.0245. The van der Waals surface area contributed by atoms with Gasteiger partial charge in [0.2, 0.25) is 17.5 Å². The number of ether oxygens (including phenoxy) is 12. The Morgan fingerprint density at radius 2 is 0.837 bits per heavy atom. The Labute approximate surface area is 483 Å². The Morgan fingerprint density at radius 3 is 1.33 bits per heavy atom. The van der Waals surface area contributed by atoms with Gasteiger partial charge in [0.25, 0.3) is 0 Å². The predicted molar refractivity (Wildman–Crippen MR) is 269 cm³/mol. The van der Waals surface area contributed by atoms with Gasteiger partial charge in [-0.05, 0) is 31.2 Å². The van der Waals surface area contributed by atoms with Crippen molar-refractivity contribution in [2.45, 2.75) is 191 Å². The van der Waals surface area contributed by atoms with Crippen LogP contribution in [0.4, 0.5) is 0 Å². The van der Waals surface area contributed by atoms with Crippen LogP contribution >= 0.6 is 0 Å². The molecule has 30 atom stereocenters. The van der Waals surface area contributed by atoms with Crippen LogP contribution in [0.15, 0.2) is 45.6 Å². The monoisotopic (exact) mass is 1240 g/mol. The van der Waals surface area contributed by atoms with Gasteiger partial charge in [-0.25, -0.2) is 0 Å². The molecule has 1 aromatic heterocycles. The van der Waals surface area contributed by atoms with Gasteiger partial charge in [0, 0.05) is 17.7 Å². The Kier molecular flexibility index (Phi) is 21.1. The standard InChI is InChI=1S/C51H70O35/c1-13-25(59)29(63)34(68)46(75-13)74-12-23-43(84-50-38(72)33(67)42(22(11-55)80-50)83-49-37(71)32(66)41(21(10-54)79-49)82-47-35(69)30(64)26(60)19(8-52)77-47)39(73)45(86-48-36(70)31(65)27(61)20(9-53)78-48)51(81-23)85-44-28(62)24-17(58)6-16(57)7-18(24)76-40(44)14-2-4-15(56)5-3-14/h2-7,13,19-23,25-27,29-39,41-43,45-61,63-73H,8-12H2,1H3/t13?,19?,20?,21?,22?,23?,25-,26+,27-,29-,30-,31-,32+,33+,34?,35?,36?,37?,38?,39-,41+,42+,43+,45?,46+,47+,48-,49+,50+,51-/m0/s1. The van der Waals surface area contributed by atoms with Crippen LogP contribution in [0.25, 0.3) is 22.3 Å². The smallest absolute Gasteiger partial charge is 0.239 e. The molecule has 6 aliphatic heterocycles. The number of aromatic hydroxyl groups is 3. The van der Waals surface area contributed by atoms with Gasteiger partial charge >= 0.3 is 0 Å². The number of aliphatic hydroxyl groups is 18. The number of hydrogen-bond donors (Lipinski definition) is 21. The van der Waals surface area contributed by atoms with Crippen LogP contribution in [0.2, 0.25) is 0 Å². The van der Waals surface area contributed by atoms with E-state index in [4.69, 9.17) is 61.3 Å². The van der Waals surface area contributed by atoms with Crippen molar-refractivity contribution in [3.63, 3.8) is 0 Å². The van der Waals surface area contributed by atoms with Gasteiger partial charge in [0.15, 0.2) is 43.3 Å². The summed E-state index contributed by atoms with van der Waals surface area (Å²) in [5.74, 6) is -3.04. The lowest BCUT2D eigenvalue weighted by Gasteiger charge is -2.50. The van der Waals surface area contributed by atoms with Gasteiger partial charge in [-0.2, -0.15) is 0 Å². The molecule has 0 spiro atoms. The highest BCUT2D eigenvalue weighted by Gasteiger charge is 2.58. The second-order valence-corrected chi connectivity index (χ2v) is 21.4. The number of aliphatic hydroxyl groups excluding tert-OH is 18. The third kappa shape index (κ3) is 13.0. The average molecular weight is 1240 g/mol. The summed E-state index contributed by atoms with van der Waals surface area (Å²) in [5.41, 5.74) is -1.64. The molecule has 0 amide bonds. The molecule has 7 heterocycles. The fourth-order valence-corrected chi connectivity index (χ4v) is 10.7. The second-order valence-electron chi connectivity index (χ2n) is 21.4. The summed E-state index contributed by atoms with van der Waals surface area (Å²) in [5, 5.41) is 226. The van der Waals surface area contributed by atoms with Gasteiger partial charge in [-0.3, -0.25) is 4.79 Å². The summed E-state index contributed by atoms with van der Waals surface area (Å²) < 4.78 is 76.0. The first kappa shape index (κ1) is 66.1. The first-order valence-electron chi connectivity index (χ1n) is 26.9. The molecule has 6 aliphatic rings. The van der Waals surface area contributed by atoms with E-state index in [1.807, 2.05) is 0 Å². The summed E-state index contributed by atoms with van der Waals surface area (Å²) >= 11 is 0. The highest BCUT2D eigenvalue weighted by atomic mass is 16.8. The summed E-state index contributed by atoms with van der Waals surface area (Å²) in [4.78, 5) is 14.6. The van der Waals surface area contributed by atoms with Crippen LogP contribution in [0.1, 0.15) is 6.92 Å². The summed E-state index contributed by atoms with van der Waals surface area (Å²) in [6.45, 7) is -3.71. The fraction of sp³-hybridized carbons (Fsp3) is 0.706. The molecule has 21 N–H and O–H groups in total. The van der Waals surface area contributed by atoms with Crippen molar-refractivity contribution in [1.29, 1.82) is 0 Å². The van der Waals surface area contributed by atoms with E-state index in [1.165, 1.54) is 31.2 Å². The number of phenols is 3. The van der Waals surface area contributed by atoms with E-state index in [2.05, 4.69) is 0 Å². The molecule has 0 bridgehead atoms. The Hall–Kier alpha value is -4.31. The first-order valence-corrected chi connectivity index (χ1v) is 26.9. The molecule has 2 aromatic carbocycles. The Bertz CT molecular complexity index is 2750. The number of benzene rings is 2. The molecular formula is C51H70O35. The highest BCUT2D eigenvalue weighted by Crippen LogP contribution is 2.41. The molecule has 86 heavy (non-hydrogen) atoms. The lowest BCUT2D eigenvalue weighted by molar-refractivity contribution is -0.395. The van der Waals surface area contributed by atoms with E-state index in [0.29, 0.717) is 0 Å². The van der Waals surface area contributed by atoms with Crippen LogP contribution < -0.4 is 10.2 Å². The van der Waals surface area contributed by atoms with Gasteiger partial charge in [0.1, 0.15) is 163 Å². The van der Waals surface area contributed by atoms with Crippen molar-refractivity contribution in [2.75, 3.05) is 33.0 Å². The molecule has 0 saturated carbocycles. The van der Waals surface area contributed by atoms with Crippen LogP contribution in [0, 0.1) is 0 Å². The van der Waals surface area contributed by atoms with E-state index in [0.717, 1.165) is 12.1 Å². The Balaban J connectivity index is 1.04. The summed E-state index contributed by atoms with van der Waals surface area (Å²) in [6, 6.07) is 6.58. The maximum Gasteiger partial charge on any atom is 0.239 e. The molecule has 9 rings (SSSR count). The average Bonchev–Trinajstić information content (AvgIpc) is 0.953. The minimum atomic E-state index is -2.41. The number of fused-ring (bicyclic) bond motifs is 1. The van der Waals surface area contributed by atoms with Gasteiger partial charge < -0.3 is 168 Å². The maximum atomic E-state index is 14.6. The van der Waals surface area contributed by atoms with E-state index in [9.17, 15) is 112 Å². The van der Waals surface area contributed by atoms with Gasteiger partial charge in [-0.15, -0.1) is 0 Å². The van der Waals surface area contributed by atoms with E-state index in [-0.39, 0.29) is 11.3 Å².